The van der Waals surface area contributed by atoms with Crippen LogP contribution in [0.5, 0.6) is 0 Å². The summed E-state index contributed by atoms with van der Waals surface area (Å²) in [7, 11) is 0. The lowest BCUT2D eigenvalue weighted by Gasteiger charge is -2.36. The number of aromatic nitrogens is 2. The van der Waals surface area contributed by atoms with Gasteiger partial charge in [-0.3, -0.25) is 4.79 Å². The summed E-state index contributed by atoms with van der Waals surface area (Å²) in [5, 5.41) is 3.61. The van der Waals surface area contributed by atoms with Crippen molar-refractivity contribution >= 4 is 28.4 Å². The van der Waals surface area contributed by atoms with Crippen molar-refractivity contribution in [1.82, 2.24) is 14.9 Å². The molecule has 3 aromatic rings. The van der Waals surface area contributed by atoms with Gasteiger partial charge in [0.1, 0.15) is 5.82 Å². The van der Waals surface area contributed by atoms with Gasteiger partial charge >= 0.3 is 6.18 Å². The number of carbonyl (C=O) groups excluding carboxylic acids is 1. The molecule has 0 spiro atoms. The van der Waals surface area contributed by atoms with E-state index in [4.69, 9.17) is 9.97 Å². The molecule has 38 heavy (non-hydrogen) atoms. The first-order valence-electron chi connectivity index (χ1n) is 13.1. The maximum Gasteiger partial charge on any atom is 0.416 e. The van der Waals surface area contributed by atoms with E-state index in [0.717, 1.165) is 60.6 Å². The van der Waals surface area contributed by atoms with Crippen molar-refractivity contribution in [2.45, 2.75) is 57.7 Å². The lowest BCUT2D eigenvalue weighted by Crippen LogP contribution is -2.44. The van der Waals surface area contributed by atoms with Crippen LogP contribution in [0, 0.1) is 12.7 Å². The molecule has 2 aliphatic heterocycles. The monoisotopic (exact) mass is 529 g/mol. The number of halogens is 4. The zero-order valence-electron chi connectivity index (χ0n) is 21.3. The van der Waals surface area contributed by atoms with Gasteiger partial charge in [0.05, 0.1) is 16.8 Å². The molecule has 2 aromatic carbocycles. The number of alkyl halides is 3. The SMILES string of the molecule is Cc1nc(N2CCC(N3CCCC3)CC2)nc2ccc(NC(=O)CCc3ccc(C(F)(F)F)cc3F)cc12. The molecule has 0 radical (unpaired) electrons. The van der Waals surface area contributed by atoms with Gasteiger partial charge in [-0.25, -0.2) is 14.4 Å². The van der Waals surface area contributed by atoms with Crippen molar-refractivity contribution in [3.63, 3.8) is 0 Å². The Morgan fingerprint density at radius 2 is 1.76 bits per heavy atom. The molecule has 2 fully saturated rings. The molecule has 6 nitrogen and oxygen atoms in total. The molecule has 2 saturated heterocycles. The third-order valence-electron chi connectivity index (χ3n) is 7.56. The van der Waals surface area contributed by atoms with Crippen LogP contribution < -0.4 is 10.2 Å². The number of carbonyl (C=O) groups is 1. The summed E-state index contributed by atoms with van der Waals surface area (Å²) in [5.74, 6) is -0.605. The van der Waals surface area contributed by atoms with Crippen LogP contribution in [-0.2, 0) is 17.4 Å². The molecule has 0 atom stereocenters. The summed E-state index contributed by atoms with van der Waals surface area (Å²) < 4.78 is 52.3. The molecular weight excluding hydrogens is 498 g/mol. The van der Waals surface area contributed by atoms with E-state index in [-0.39, 0.29) is 24.3 Å². The number of hydrogen-bond acceptors (Lipinski definition) is 5. The maximum atomic E-state index is 14.1. The highest BCUT2D eigenvalue weighted by Gasteiger charge is 2.31. The Balaban J connectivity index is 1.20. The molecule has 0 aliphatic carbocycles. The Morgan fingerprint density at radius 1 is 1.03 bits per heavy atom. The van der Waals surface area contributed by atoms with Gasteiger partial charge in [-0.2, -0.15) is 13.2 Å². The minimum atomic E-state index is -4.61. The van der Waals surface area contributed by atoms with Crippen LogP contribution in [0.3, 0.4) is 0 Å². The minimum absolute atomic E-state index is 0.0106. The van der Waals surface area contributed by atoms with Crippen LogP contribution in [0.2, 0.25) is 0 Å². The minimum Gasteiger partial charge on any atom is -0.341 e. The van der Waals surface area contributed by atoms with Crippen molar-refractivity contribution in [2.75, 3.05) is 36.4 Å². The zero-order valence-corrected chi connectivity index (χ0v) is 21.3. The van der Waals surface area contributed by atoms with Crippen LogP contribution in [0.15, 0.2) is 36.4 Å². The first-order valence-corrected chi connectivity index (χ1v) is 13.1. The molecule has 1 aromatic heterocycles. The van der Waals surface area contributed by atoms with Gasteiger partial charge in [0.25, 0.3) is 0 Å². The molecule has 0 saturated carbocycles. The second-order valence-corrected chi connectivity index (χ2v) is 10.2. The lowest BCUT2D eigenvalue weighted by molar-refractivity contribution is -0.137. The fourth-order valence-corrected chi connectivity index (χ4v) is 5.42. The second-order valence-electron chi connectivity index (χ2n) is 10.2. The van der Waals surface area contributed by atoms with Crippen LogP contribution in [0.25, 0.3) is 10.9 Å². The third kappa shape index (κ3) is 5.90. The Labute approximate surface area is 219 Å². The zero-order chi connectivity index (χ0) is 26.9. The number of aryl methyl sites for hydroxylation is 2. The van der Waals surface area contributed by atoms with Gasteiger partial charge in [0.15, 0.2) is 0 Å². The highest BCUT2D eigenvalue weighted by Crippen LogP contribution is 2.31. The fourth-order valence-electron chi connectivity index (χ4n) is 5.42. The number of likely N-dealkylation sites (tertiary alicyclic amines) is 1. The Bertz CT molecular complexity index is 1310. The van der Waals surface area contributed by atoms with Crippen molar-refractivity contribution in [2.24, 2.45) is 0 Å². The normalized spacial score (nSPS) is 17.3. The molecule has 1 amide bonds. The molecular formula is C28H31F4N5O. The van der Waals surface area contributed by atoms with Gasteiger partial charge in [0, 0.05) is 36.6 Å². The summed E-state index contributed by atoms with van der Waals surface area (Å²) in [6.07, 6.45) is 0.134. The van der Waals surface area contributed by atoms with E-state index in [9.17, 15) is 22.4 Å². The van der Waals surface area contributed by atoms with Crippen LogP contribution in [-0.4, -0.2) is 53.0 Å². The fraction of sp³-hybridized carbons (Fsp3) is 0.464. The van der Waals surface area contributed by atoms with E-state index in [1.54, 1.807) is 6.07 Å². The molecule has 3 heterocycles. The molecule has 0 bridgehead atoms. The van der Waals surface area contributed by atoms with Crippen molar-refractivity contribution in [3.05, 3.63) is 59.0 Å². The van der Waals surface area contributed by atoms with E-state index in [2.05, 4.69) is 15.1 Å². The number of hydrogen-bond donors (Lipinski definition) is 1. The number of rotatable bonds is 6. The summed E-state index contributed by atoms with van der Waals surface area (Å²) in [5.41, 5.74) is 1.18. The van der Waals surface area contributed by atoms with Gasteiger partial charge in [-0.05, 0) is 88.0 Å². The first-order chi connectivity index (χ1) is 18.2. The van der Waals surface area contributed by atoms with Crippen molar-refractivity contribution in [1.29, 1.82) is 0 Å². The summed E-state index contributed by atoms with van der Waals surface area (Å²) in [6, 6.07) is 8.43. The molecule has 5 rings (SSSR count). The Hall–Kier alpha value is -3.27. The highest BCUT2D eigenvalue weighted by atomic mass is 19.4. The van der Waals surface area contributed by atoms with Gasteiger partial charge in [0.2, 0.25) is 11.9 Å². The predicted octanol–water partition coefficient (Wildman–Crippen LogP) is 5.73. The maximum absolute atomic E-state index is 14.1. The Kier molecular flexibility index (Phi) is 7.52. The third-order valence-corrected chi connectivity index (χ3v) is 7.56. The number of fused-ring (bicyclic) bond motifs is 1. The summed E-state index contributed by atoms with van der Waals surface area (Å²) in [6.45, 7) is 6.20. The number of piperidine rings is 1. The molecule has 202 valence electrons. The van der Waals surface area contributed by atoms with E-state index in [1.807, 2.05) is 19.1 Å². The second kappa shape index (κ2) is 10.8. The smallest absolute Gasteiger partial charge is 0.341 e. The van der Waals surface area contributed by atoms with Crippen molar-refractivity contribution in [3.8, 4) is 0 Å². The molecule has 0 unspecified atom stereocenters. The van der Waals surface area contributed by atoms with Crippen LogP contribution in [0.1, 0.15) is 48.9 Å². The topological polar surface area (TPSA) is 61.4 Å². The number of nitrogens with one attached hydrogen (secondary N) is 1. The largest absolute Gasteiger partial charge is 0.416 e. The lowest BCUT2D eigenvalue weighted by atomic mass is 10.0. The van der Waals surface area contributed by atoms with E-state index < -0.39 is 17.6 Å². The highest BCUT2D eigenvalue weighted by molar-refractivity contribution is 5.94. The van der Waals surface area contributed by atoms with E-state index in [0.29, 0.717) is 17.8 Å². The first kappa shape index (κ1) is 26.3. The van der Waals surface area contributed by atoms with Gasteiger partial charge < -0.3 is 15.1 Å². The van der Waals surface area contributed by atoms with Crippen LogP contribution >= 0.6 is 0 Å². The number of benzene rings is 2. The Morgan fingerprint density at radius 3 is 2.45 bits per heavy atom. The molecule has 10 heteroatoms. The van der Waals surface area contributed by atoms with Gasteiger partial charge in [-0.15, -0.1) is 0 Å². The number of amides is 1. The quantitative estimate of drug-likeness (QED) is 0.413. The van der Waals surface area contributed by atoms with Crippen molar-refractivity contribution < 1.29 is 22.4 Å². The standard InChI is InChI=1S/C28H31F4N5O/c1-18-23-17-21(34-26(38)9-5-19-4-6-20(16-24(19)29)28(30,31)32)7-8-25(23)35-27(33-18)37-14-10-22(11-15-37)36-12-2-3-13-36/h4,6-8,16-17,22H,2-3,5,9-15H2,1H3,(H,34,38). The molecule has 1 N–H and O–H groups in total. The summed E-state index contributed by atoms with van der Waals surface area (Å²) >= 11 is 0. The van der Waals surface area contributed by atoms with Crippen LogP contribution in [0.4, 0.5) is 29.2 Å². The van der Waals surface area contributed by atoms with Gasteiger partial charge in [-0.1, -0.05) is 6.07 Å². The number of nitrogens with zero attached hydrogens (tertiary/aromatic N) is 4. The predicted molar refractivity (Wildman–Crippen MR) is 139 cm³/mol. The number of anilines is 2. The summed E-state index contributed by atoms with van der Waals surface area (Å²) in [4.78, 5) is 26.9. The molecule has 2 aliphatic rings. The van der Waals surface area contributed by atoms with E-state index >= 15 is 0 Å². The van der Waals surface area contributed by atoms with E-state index in [1.165, 1.54) is 25.9 Å². The average molecular weight is 530 g/mol. The average Bonchev–Trinajstić information content (AvgIpc) is 3.43.